The molecular weight excluding hydrogens is 543 g/mol. The topological polar surface area (TPSA) is 182 Å². The quantitative estimate of drug-likeness (QED) is 0.113. The Balaban J connectivity index is 1.43. The highest BCUT2D eigenvalue weighted by molar-refractivity contribution is 5.94. The zero-order valence-corrected chi connectivity index (χ0v) is 23.4. The molecule has 1 amide bonds. The monoisotopic (exact) mass is 580 g/mol. The molecule has 8 atom stereocenters. The molecule has 226 valence electrons. The van der Waals surface area contributed by atoms with Gasteiger partial charge >= 0.3 is 5.97 Å². The summed E-state index contributed by atoms with van der Waals surface area (Å²) in [6, 6.07) is 0. The molecular formula is C28H37FN2O10. The highest BCUT2D eigenvalue weighted by atomic mass is 19.1. The number of rotatable bonds is 10. The predicted octanol–water partition coefficient (Wildman–Crippen LogP) is 1.55. The molecule has 0 saturated heterocycles. The largest absolute Gasteiger partial charge is 0.456 e. The number of carbonyl (C=O) groups is 4. The maximum absolute atomic E-state index is 17.2. The van der Waals surface area contributed by atoms with Gasteiger partial charge in [-0.2, -0.15) is 0 Å². The molecule has 0 radical (unpaired) electrons. The minimum Gasteiger partial charge on any atom is -0.456 e. The minimum absolute atomic E-state index is 0.0582. The Morgan fingerprint density at radius 3 is 2.66 bits per heavy atom. The van der Waals surface area contributed by atoms with Gasteiger partial charge < -0.3 is 25.1 Å². The number of nitrogens with zero attached hydrogens (tertiary/aromatic N) is 1. The number of Topliss-reactive ketones (excluding diaryl/α,β-unsaturated/α-hetero) is 1. The molecule has 0 bridgehead atoms. The van der Waals surface area contributed by atoms with E-state index in [0.29, 0.717) is 12.0 Å². The number of allylic oxidation sites excluding steroid dienone is 4. The maximum atomic E-state index is 17.2. The van der Waals surface area contributed by atoms with E-state index in [1.807, 2.05) is 6.08 Å². The van der Waals surface area contributed by atoms with Crippen LogP contribution in [0, 0.1) is 38.7 Å². The van der Waals surface area contributed by atoms with Crippen LogP contribution in [0.2, 0.25) is 0 Å². The Hall–Kier alpha value is -3.19. The molecule has 4 rings (SSSR count). The van der Waals surface area contributed by atoms with E-state index in [1.165, 1.54) is 12.2 Å². The van der Waals surface area contributed by atoms with E-state index in [1.54, 1.807) is 20.8 Å². The van der Waals surface area contributed by atoms with Crippen LogP contribution < -0.4 is 5.32 Å². The molecule has 0 unspecified atom stereocenters. The highest BCUT2D eigenvalue weighted by Crippen LogP contribution is 2.70. The number of aliphatic hydroxyl groups excluding tert-OH is 1. The number of carbonyl (C=O) groups excluding carboxylic acids is 4. The number of hydrogen-bond acceptors (Lipinski definition) is 10. The molecule has 0 heterocycles. The van der Waals surface area contributed by atoms with Crippen LogP contribution in [0.1, 0.15) is 59.3 Å². The van der Waals surface area contributed by atoms with Crippen LogP contribution in [0.15, 0.2) is 23.8 Å². The lowest BCUT2D eigenvalue weighted by Crippen LogP contribution is -2.69. The fourth-order valence-corrected chi connectivity index (χ4v) is 7.98. The maximum Gasteiger partial charge on any atom is 0.325 e. The molecule has 0 aromatic heterocycles. The van der Waals surface area contributed by atoms with Gasteiger partial charge in [0.1, 0.15) is 12.1 Å². The molecule has 0 aromatic carbocycles. The van der Waals surface area contributed by atoms with Gasteiger partial charge in [0.2, 0.25) is 11.7 Å². The summed E-state index contributed by atoms with van der Waals surface area (Å²) in [5, 5.41) is 34.7. The predicted molar refractivity (Wildman–Crippen MR) is 139 cm³/mol. The summed E-state index contributed by atoms with van der Waals surface area (Å²) < 4.78 is 22.3. The van der Waals surface area contributed by atoms with Crippen molar-refractivity contribution in [3.8, 4) is 0 Å². The zero-order valence-electron chi connectivity index (χ0n) is 23.4. The van der Waals surface area contributed by atoms with Crippen molar-refractivity contribution in [1.29, 1.82) is 0 Å². The van der Waals surface area contributed by atoms with Gasteiger partial charge in [-0.15, -0.1) is 10.1 Å². The summed E-state index contributed by atoms with van der Waals surface area (Å²) in [5.74, 6) is -4.22. The Labute approximate surface area is 236 Å². The van der Waals surface area contributed by atoms with Crippen molar-refractivity contribution in [2.24, 2.45) is 28.6 Å². The fourth-order valence-electron chi connectivity index (χ4n) is 7.98. The number of ether oxygens (including phenoxy) is 1. The van der Waals surface area contributed by atoms with Crippen LogP contribution in [-0.2, 0) is 28.8 Å². The van der Waals surface area contributed by atoms with Crippen LogP contribution in [0.4, 0.5) is 4.39 Å². The molecule has 0 spiro atoms. The van der Waals surface area contributed by atoms with E-state index >= 15 is 4.39 Å². The SMILES string of the molecule is C[C@H]1C[C@H]2[C@@H]3CC=C4CC(=O)C=C[C@]4(C)[C@@]3(F)[C@@H](O)C[C@]2(C)[C@@]1(O)C(=O)COC(=O)CNC(=O)CCCO[N+](=O)[O-]. The molecule has 12 nitrogen and oxygen atoms in total. The summed E-state index contributed by atoms with van der Waals surface area (Å²) in [4.78, 5) is 63.7. The van der Waals surface area contributed by atoms with Gasteiger partial charge in [-0.05, 0) is 50.5 Å². The minimum atomic E-state index is -2.10. The molecule has 2 saturated carbocycles. The molecule has 3 N–H and O–H groups in total. The van der Waals surface area contributed by atoms with Crippen LogP contribution in [0.5, 0.6) is 0 Å². The third-order valence-corrected chi connectivity index (χ3v) is 10.1. The van der Waals surface area contributed by atoms with E-state index in [2.05, 4.69) is 10.2 Å². The van der Waals surface area contributed by atoms with Crippen molar-refractivity contribution in [1.82, 2.24) is 5.32 Å². The van der Waals surface area contributed by atoms with E-state index < -0.39 is 81.9 Å². The van der Waals surface area contributed by atoms with Crippen molar-refractivity contribution >= 4 is 23.4 Å². The molecule has 0 aromatic rings. The average Bonchev–Trinajstić information content (AvgIpc) is 3.11. The first kappa shape index (κ1) is 30.8. The van der Waals surface area contributed by atoms with Gasteiger partial charge in [0.15, 0.2) is 18.1 Å². The van der Waals surface area contributed by atoms with Gasteiger partial charge in [-0.1, -0.05) is 31.6 Å². The second-order valence-corrected chi connectivity index (χ2v) is 12.2. The van der Waals surface area contributed by atoms with Gasteiger partial charge in [-0.25, -0.2) is 4.39 Å². The number of aliphatic hydroxyl groups is 2. The van der Waals surface area contributed by atoms with Crippen LogP contribution in [0.3, 0.4) is 0 Å². The normalized spacial score (nSPS) is 39.1. The third-order valence-electron chi connectivity index (χ3n) is 10.1. The second-order valence-electron chi connectivity index (χ2n) is 12.2. The highest BCUT2D eigenvalue weighted by Gasteiger charge is 2.75. The Morgan fingerprint density at radius 1 is 1.27 bits per heavy atom. The average molecular weight is 581 g/mol. The van der Waals surface area contributed by atoms with Crippen molar-refractivity contribution < 1.29 is 48.4 Å². The summed E-state index contributed by atoms with van der Waals surface area (Å²) >= 11 is 0. The first-order valence-corrected chi connectivity index (χ1v) is 13.8. The molecule has 2 fully saturated rings. The first-order valence-electron chi connectivity index (χ1n) is 13.8. The van der Waals surface area contributed by atoms with E-state index in [4.69, 9.17) is 4.74 Å². The molecule has 4 aliphatic rings. The number of nitrogens with one attached hydrogen (secondary N) is 1. The summed E-state index contributed by atoms with van der Waals surface area (Å²) in [6.45, 7) is 3.45. The lowest BCUT2D eigenvalue weighted by Gasteiger charge is -2.62. The van der Waals surface area contributed by atoms with Crippen molar-refractivity contribution in [3.05, 3.63) is 33.9 Å². The Bertz CT molecular complexity index is 1200. The zero-order chi connectivity index (χ0) is 30.4. The summed E-state index contributed by atoms with van der Waals surface area (Å²) in [6.07, 6.45) is 3.61. The number of fused-ring (bicyclic) bond motifs is 5. The van der Waals surface area contributed by atoms with Gasteiger partial charge in [0.25, 0.3) is 5.09 Å². The van der Waals surface area contributed by atoms with Crippen LogP contribution in [0.25, 0.3) is 0 Å². The molecule has 0 aliphatic heterocycles. The standard InChI is InChI=1S/C28H37FN2O10/c1-16-11-20-19-7-6-17-12-18(32)8-9-25(17,2)27(19,29)21(33)13-26(20,3)28(16,37)22(34)15-40-24(36)14-30-23(35)5-4-10-41-31(38)39/h6,8-9,16,19-21,33,37H,4-5,7,10-15H2,1-3H3,(H,30,35)/t16-,19-,20-,21-,25-,26-,27-,28-/m0/s1. The van der Waals surface area contributed by atoms with Crippen LogP contribution >= 0.6 is 0 Å². The number of ketones is 2. The Morgan fingerprint density at radius 2 is 1.98 bits per heavy atom. The summed E-state index contributed by atoms with van der Waals surface area (Å²) in [7, 11) is 0. The number of halogens is 1. The molecule has 13 heteroatoms. The van der Waals surface area contributed by atoms with E-state index in [0.717, 1.165) is 0 Å². The second kappa shape index (κ2) is 10.9. The van der Waals surface area contributed by atoms with Crippen molar-refractivity contribution in [2.45, 2.75) is 76.7 Å². The van der Waals surface area contributed by atoms with Gasteiger partial charge in [0, 0.05) is 29.6 Å². The van der Waals surface area contributed by atoms with E-state index in [9.17, 15) is 39.5 Å². The number of hydrogen-bond donors (Lipinski definition) is 3. The summed E-state index contributed by atoms with van der Waals surface area (Å²) in [5.41, 5.74) is -5.90. The van der Waals surface area contributed by atoms with Crippen molar-refractivity contribution in [2.75, 3.05) is 19.8 Å². The first-order chi connectivity index (χ1) is 19.1. The van der Waals surface area contributed by atoms with Crippen LogP contribution in [-0.4, -0.2) is 75.9 Å². The Kier molecular flexibility index (Phi) is 8.18. The lowest BCUT2D eigenvalue weighted by molar-refractivity contribution is -0.757. The van der Waals surface area contributed by atoms with Gasteiger partial charge in [-0.3, -0.25) is 19.2 Å². The third kappa shape index (κ3) is 4.86. The fraction of sp³-hybridized carbons (Fsp3) is 0.714. The molecule has 4 aliphatic carbocycles. The molecule has 41 heavy (non-hydrogen) atoms. The van der Waals surface area contributed by atoms with Gasteiger partial charge in [0.05, 0.1) is 12.7 Å². The smallest absolute Gasteiger partial charge is 0.325 e. The van der Waals surface area contributed by atoms with E-state index in [-0.39, 0.29) is 44.5 Å². The number of amides is 1. The number of alkyl halides is 1. The van der Waals surface area contributed by atoms with Crippen molar-refractivity contribution in [3.63, 3.8) is 0 Å². The number of esters is 1. The lowest BCUT2D eigenvalue weighted by atomic mass is 9.45.